The molecule has 1 fully saturated rings. The number of unbranched alkanes of at least 4 members (excludes halogenated alkanes) is 2. The van der Waals surface area contributed by atoms with E-state index in [4.69, 9.17) is 15.2 Å². The van der Waals surface area contributed by atoms with E-state index < -0.39 is 16.0 Å². The van der Waals surface area contributed by atoms with Gasteiger partial charge in [0.25, 0.3) is 0 Å². The van der Waals surface area contributed by atoms with Crippen molar-refractivity contribution >= 4 is 33.0 Å². The van der Waals surface area contributed by atoms with Gasteiger partial charge in [-0.3, -0.25) is 9.36 Å². The molecule has 13 nitrogen and oxygen atoms in total. The lowest BCUT2D eigenvalue weighted by atomic mass is 10.3. The summed E-state index contributed by atoms with van der Waals surface area (Å²) in [5.74, 6) is -0.215. The average Bonchev–Trinajstić information content (AvgIpc) is 3.56. The fourth-order valence-corrected chi connectivity index (χ4v) is 6.30. The highest BCUT2D eigenvalue weighted by atomic mass is 32.2. The molecule has 224 valence electrons. The number of aromatic nitrogens is 4. The predicted octanol–water partition coefficient (Wildman–Crippen LogP) is 2.37. The van der Waals surface area contributed by atoms with Crippen LogP contribution in [0.3, 0.4) is 0 Å². The van der Waals surface area contributed by atoms with Gasteiger partial charge in [-0.2, -0.15) is 14.3 Å². The predicted molar refractivity (Wildman–Crippen MR) is 154 cm³/mol. The van der Waals surface area contributed by atoms with Crippen molar-refractivity contribution in [1.29, 1.82) is 0 Å². The Bertz CT molecular complexity index is 1500. The number of ether oxygens (including phenoxy) is 2. The van der Waals surface area contributed by atoms with Gasteiger partial charge in [0.2, 0.25) is 10.0 Å². The summed E-state index contributed by atoms with van der Waals surface area (Å²) in [4.78, 5) is 37.6. The summed E-state index contributed by atoms with van der Waals surface area (Å²) in [5.41, 5.74) is 6.38. The molecule has 0 amide bonds. The van der Waals surface area contributed by atoms with Crippen LogP contribution >= 0.6 is 0 Å². The van der Waals surface area contributed by atoms with Gasteiger partial charge < -0.3 is 25.1 Å². The molecule has 0 unspecified atom stereocenters. The van der Waals surface area contributed by atoms with Gasteiger partial charge in [-0.25, -0.2) is 13.2 Å². The minimum absolute atomic E-state index is 0.0632. The Labute approximate surface area is 239 Å². The first-order valence-electron chi connectivity index (χ1n) is 14.1. The Morgan fingerprint density at radius 2 is 1.90 bits per heavy atom. The van der Waals surface area contributed by atoms with Crippen LogP contribution in [-0.2, 0) is 21.4 Å². The lowest BCUT2D eigenvalue weighted by Gasteiger charge is -2.25. The van der Waals surface area contributed by atoms with Crippen LogP contribution in [-0.4, -0.2) is 82.4 Å². The number of aryl methyl sites for hydroxylation is 1. The molecular formula is C27H39N7O6S. The molecule has 3 N–H and O–H groups in total. The highest BCUT2D eigenvalue weighted by molar-refractivity contribution is 7.89. The maximum Gasteiger partial charge on any atom is 0.327 e. The topological polar surface area (TPSA) is 166 Å². The maximum atomic E-state index is 13.7. The second-order valence-electron chi connectivity index (χ2n) is 10.1. The van der Waals surface area contributed by atoms with Gasteiger partial charge in [0.1, 0.15) is 11.3 Å². The summed E-state index contributed by atoms with van der Waals surface area (Å²) >= 11 is 0. The van der Waals surface area contributed by atoms with Crippen molar-refractivity contribution in [2.75, 3.05) is 45.1 Å². The highest BCUT2D eigenvalue weighted by Gasteiger charge is 2.26. The van der Waals surface area contributed by atoms with Crippen LogP contribution in [0.5, 0.6) is 11.8 Å². The van der Waals surface area contributed by atoms with E-state index in [9.17, 15) is 18.0 Å². The zero-order valence-corrected chi connectivity index (χ0v) is 24.5. The number of aromatic amines is 1. The Balaban J connectivity index is 1.47. The molecule has 0 spiro atoms. The molecule has 3 heterocycles. The fraction of sp³-hybridized carbons (Fsp3) is 0.556. The molecule has 41 heavy (non-hydrogen) atoms. The number of imidazole rings is 1. The Morgan fingerprint density at radius 3 is 2.63 bits per heavy atom. The van der Waals surface area contributed by atoms with E-state index in [2.05, 4.69) is 19.9 Å². The van der Waals surface area contributed by atoms with Crippen LogP contribution in [0.15, 0.2) is 34.0 Å². The van der Waals surface area contributed by atoms with Crippen molar-refractivity contribution in [1.82, 2.24) is 28.7 Å². The number of hydrogen-bond acceptors (Lipinski definition) is 10. The van der Waals surface area contributed by atoms with E-state index in [0.29, 0.717) is 50.2 Å². The average molecular weight is 590 g/mol. The number of carbonyl (C=O) groups is 1. The minimum atomic E-state index is -3.86. The van der Waals surface area contributed by atoms with E-state index in [-0.39, 0.29) is 34.7 Å². The molecule has 0 saturated carbocycles. The molecule has 1 aliphatic heterocycles. The van der Waals surface area contributed by atoms with Gasteiger partial charge in [0.05, 0.1) is 11.5 Å². The second kappa shape index (κ2) is 13.9. The molecule has 1 aliphatic rings. The summed E-state index contributed by atoms with van der Waals surface area (Å²) < 4.78 is 41.0. The van der Waals surface area contributed by atoms with E-state index in [1.807, 2.05) is 6.92 Å². The number of likely N-dealkylation sites (tertiary alicyclic amines) is 1. The number of fused-ring (bicyclic) bond motifs is 1. The second-order valence-corrected chi connectivity index (χ2v) is 12.0. The Kier molecular flexibility index (Phi) is 10.3. The highest BCUT2D eigenvalue weighted by Crippen LogP contribution is 2.23. The quantitative estimate of drug-likeness (QED) is 0.153. The zero-order chi connectivity index (χ0) is 29.4. The molecule has 3 aromatic rings. The lowest BCUT2D eigenvalue weighted by molar-refractivity contribution is -0.131. The number of benzene rings is 1. The molecule has 0 radical (unpaired) electrons. The number of anilines is 1. The first-order valence-corrected chi connectivity index (χ1v) is 15.5. The largest absolute Gasteiger partial charge is 0.463 e. The lowest BCUT2D eigenvalue weighted by Crippen LogP contribution is -2.38. The van der Waals surface area contributed by atoms with Crippen LogP contribution in [0.2, 0.25) is 0 Å². The van der Waals surface area contributed by atoms with Gasteiger partial charge in [-0.15, -0.1) is 0 Å². The molecule has 0 bridgehead atoms. The third kappa shape index (κ3) is 7.83. The number of hydrogen-bond donors (Lipinski definition) is 2. The number of H-pyrrole nitrogens is 1. The van der Waals surface area contributed by atoms with Crippen molar-refractivity contribution in [3.63, 3.8) is 0 Å². The zero-order valence-electron chi connectivity index (χ0n) is 23.7. The van der Waals surface area contributed by atoms with Crippen LogP contribution in [0.4, 0.5) is 5.82 Å². The summed E-state index contributed by atoms with van der Waals surface area (Å²) in [6.45, 7) is 7.19. The molecule has 1 saturated heterocycles. The summed E-state index contributed by atoms with van der Waals surface area (Å²) in [7, 11) is -3.86. The van der Waals surface area contributed by atoms with Gasteiger partial charge in [0.15, 0.2) is 11.5 Å². The molecule has 1 aromatic carbocycles. The van der Waals surface area contributed by atoms with Gasteiger partial charge >= 0.3 is 17.7 Å². The number of nitrogen functional groups attached to an aromatic ring is 1. The maximum absolute atomic E-state index is 13.7. The van der Waals surface area contributed by atoms with Crippen molar-refractivity contribution in [3.05, 3.63) is 34.7 Å². The van der Waals surface area contributed by atoms with E-state index in [1.54, 1.807) is 12.1 Å². The van der Waals surface area contributed by atoms with Crippen molar-refractivity contribution < 1.29 is 22.7 Å². The van der Waals surface area contributed by atoms with Crippen LogP contribution in [0.25, 0.3) is 11.2 Å². The molecule has 14 heteroatoms. The standard InChI is InChI=1S/C27H39N7O6S/c1-3-4-18-39-26-30-24(28)23-25(31-26)34(27(36)29-23)15-8-7-14-33(17-16-32-12-5-6-13-32)41(37,38)22-11-9-10-21(19-22)40-20(2)35/h9-11,19H,3-8,12-18H2,1-2H3,(H,29,36)(H2,28,30,31). The number of nitrogens with zero attached hydrogens (tertiary/aromatic N) is 5. The van der Waals surface area contributed by atoms with E-state index >= 15 is 0 Å². The minimum Gasteiger partial charge on any atom is -0.463 e. The summed E-state index contributed by atoms with van der Waals surface area (Å²) in [6.07, 6.45) is 5.03. The number of nitrogens with one attached hydrogen (secondary N) is 1. The van der Waals surface area contributed by atoms with Crippen molar-refractivity contribution in [2.45, 2.75) is 63.8 Å². The normalized spacial score (nSPS) is 14.2. The number of rotatable bonds is 15. The monoisotopic (exact) mass is 589 g/mol. The molecule has 2 aromatic heterocycles. The van der Waals surface area contributed by atoms with E-state index in [1.165, 1.54) is 27.9 Å². The van der Waals surface area contributed by atoms with Gasteiger partial charge in [-0.1, -0.05) is 19.4 Å². The first-order chi connectivity index (χ1) is 19.7. The molecule has 4 rings (SSSR count). The van der Waals surface area contributed by atoms with Crippen LogP contribution in [0, 0.1) is 0 Å². The van der Waals surface area contributed by atoms with Gasteiger partial charge in [-0.05, 0) is 57.3 Å². The molecule has 0 aliphatic carbocycles. The first kappa shape index (κ1) is 30.5. The van der Waals surface area contributed by atoms with Gasteiger partial charge in [0, 0.05) is 39.2 Å². The Hall–Kier alpha value is -3.49. The van der Waals surface area contributed by atoms with E-state index in [0.717, 1.165) is 38.8 Å². The third-order valence-electron chi connectivity index (χ3n) is 6.97. The SMILES string of the molecule is CCCCOc1nc(N)c2[nH]c(=O)n(CCCCN(CCN3CCCC3)S(=O)(=O)c3cccc(OC(C)=O)c3)c2n1. The third-order valence-corrected chi connectivity index (χ3v) is 8.86. The fourth-order valence-electron chi connectivity index (χ4n) is 4.79. The number of sulfonamides is 1. The molecular weight excluding hydrogens is 550 g/mol. The summed E-state index contributed by atoms with van der Waals surface area (Å²) in [5, 5.41) is 0. The number of carbonyl (C=O) groups excluding carboxylic acids is 1. The summed E-state index contributed by atoms with van der Waals surface area (Å²) in [6, 6.07) is 6.09. The smallest absolute Gasteiger partial charge is 0.327 e. The van der Waals surface area contributed by atoms with Crippen LogP contribution in [0.1, 0.15) is 52.4 Å². The number of esters is 1. The Morgan fingerprint density at radius 1 is 1.12 bits per heavy atom. The van der Waals surface area contributed by atoms with Crippen LogP contribution < -0.4 is 20.9 Å². The van der Waals surface area contributed by atoms with Crippen molar-refractivity contribution in [3.8, 4) is 11.8 Å². The molecule has 0 atom stereocenters. The van der Waals surface area contributed by atoms with Crippen molar-refractivity contribution in [2.24, 2.45) is 0 Å². The number of nitrogens with two attached hydrogens (primary N) is 1.